The summed E-state index contributed by atoms with van der Waals surface area (Å²) < 4.78 is 13.1. The maximum absolute atomic E-state index is 13.1. The zero-order valence-corrected chi connectivity index (χ0v) is 18.4. The summed E-state index contributed by atoms with van der Waals surface area (Å²) in [6.45, 7) is 4.03. The van der Waals surface area contributed by atoms with Gasteiger partial charge in [0.15, 0.2) is 5.96 Å². The summed E-state index contributed by atoms with van der Waals surface area (Å²) in [7, 11) is 1.70. The number of benzene rings is 1. The minimum Gasteiger partial charge on any atom is -0.368 e. The van der Waals surface area contributed by atoms with Crippen molar-refractivity contribution >= 4 is 29.2 Å². The molecule has 1 aromatic carbocycles. The molecule has 166 valence electrons. The Bertz CT molecular complexity index is 867. The predicted octanol–water partition coefficient (Wildman–Crippen LogP) is 2.32. The molecule has 1 aromatic heterocycles. The average molecular weight is 447 g/mol. The monoisotopic (exact) mass is 446 g/mol. The fourth-order valence-corrected chi connectivity index (χ4v) is 3.52. The minimum absolute atomic E-state index is 0.119. The molecule has 1 fully saturated rings. The number of carbonyl (C=O) groups is 1. The van der Waals surface area contributed by atoms with Crippen LogP contribution in [0.2, 0.25) is 5.15 Å². The van der Waals surface area contributed by atoms with Crippen LogP contribution in [0.5, 0.6) is 0 Å². The fourth-order valence-electron chi connectivity index (χ4n) is 3.41. The molecule has 2 heterocycles. The van der Waals surface area contributed by atoms with Gasteiger partial charge >= 0.3 is 0 Å². The maximum Gasteiger partial charge on any atom is 0.224 e. The number of hydrogen-bond donors (Lipinski definition) is 2. The number of piperazine rings is 1. The van der Waals surface area contributed by atoms with Crippen molar-refractivity contribution in [3.8, 4) is 0 Å². The molecule has 0 bridgehead atoms. The van der Waals surface area contributed by atoms with Crippen LogP contribution in [0.25, 0.3) is 0 Å². The number of nitrogens with one attached hydrogen (secondary N) is 2. The molecule has 0 atom stereocenters. The Morgan fingerprint density at radius 2 is 1.81 bits per heavy atom. The molecule has 0 unspecified atom stereocenters. The van der Waals surface area contributed by atoms with Crippen molar-refractivity contribution in [1.82, 2.24) is 20.5 Å². The largest absolute Gasteiger partial charge is 0.368 e. The van der Waals surface area contributed by atoms with Gasteiger partial charge in [0.25, 0.3) is 0 Å². The van der Waals surface area contributed by atoms with E-state index in [1.807, 2.05) is 11.0 Å². The second-order valence-corrected chi connectivity index (χ2v) is 7.65. The summed E-state index contributed by atoms with van der Waals surface area (Å²) >= 11 is 5.80. The molecule has 0 radical (unpaired) electrons. The first kappa shape index (κ1) is 22.8. The molecule has 1 amide bonds. The van der Waals surface area contributed by atoms with Gasteiger partial charge in [-0.05, 0) is 42.3 Å². The molecular weight excluding hydrogens is 419 g/mol. The van der Waals surface area contributed by atoms with E-state index in [1.54, 1.807) is 31.4 Å². The quantitative estimate of drug-likeness (QED) is 0.388. The second-order valence-electron chi connectivity index (χ2n) is 7.26. The number of guanidine groups is 1. The highest BCUT2D eigenvalue weighted by Crippen LogP contribution is 2.17. The zero-order valence-electron chi connectivity index (χ0n) is 17.7. The summed E-state index contributed by atoms with van der Waals surface area (Å²) in [5, 5.41) is 6.90. The van der Waals surface area contributed by atoms with Crippen LogP contribution in [0.4, 0.5) is 10.1 Å². The van der Waals surface area contributed by atoms with Gasteiger partial charge in [0.2, 0.25) is 5.91 Å². The molecule has 1 aliphatic heterocycles. The third-order valence-corrected chi connectivity index (χ3v) is 5.40. The van der Waals surface area contributed by atoms with Crippen molar-refractivity contribution in [1.29, 1.82) is 0 Å². The lowest BCUT2D eigenvalue weighted by molar-refractivity contribution is -0.131. The van der Waals surface area contributed by atoms with Gasteiger partial charge in [0, 0.05) is 64.6 Å². The van der Waals surface area contributed by atoms with Crippen LogP contribution in [0, 0.1) is 5.82 Å². The number of anilines is 1. The first-order valence-corrected chi connectivity index (χ1v) is 10.8. The summed E-state index contributed by atoms with van der Waals surface area (Å²) in [4.78, 5) is 24.8. The SMILES string of the molecule is CN=C(NCCC(=O)N1CCN(c2ccc(F)cc2)CC1)NCCc1ccc(Cl)nc1. The van der Waals surface area contributed by atoms with Gasteiger partial charge in [0.05, 0.1) is 0 Å². The van der Waals surface area contributed by atoms with Crippen molar-refractivity contribution in [3.63, 3.8) is 0 Å². The molecule has 0 spiro atoms. The fraction of sp³-hybridized carbons (Fsp3) is 0.409. The Balaban J connectivity index is 1.33. The van der Waals surface area contributed by atoms with E-state index < -0.39 is 0 Å². The van der Waals surface area contributed by atoms with Crippen LogP contribution in [-0.4, -0.2) is 68.1 Å². The Labute approximate surface area is 187 Å². The number of hydrogen-bond acceptors (Lipinski definition) is 4. The van der Waals surface area contributed by atoms with E-state index in [2.05, 4.69) is 25.5 Å². The van der Waals surface area contributed by atoms with E-state index in [4.69, 9.17) is 11.6 Å². The molecule has 1 aliphatic rings. The van der Waals surface area contributed by atoms with E-state index >= 15 is 0 Å². The number of carbonyl (C=O) groups excluding carboxylic acids is 1. The zero-order chi connectivity index (χ0) is 22.1. The van der Waals surface area contributed by atoms with Crippen LogP contribution in [0.15, 0.2) is 47.6 Å². The summed E-state index contributed by atoms with van der Waals surface area (Å²) in [5.74, 6) is 0.543. The first-order chi connectivity index (χ1) is 15.0. The number of halogens is 2. The van der Waals surface area contributed by atoms with Gasteiger partial charge < -0.3 is 20.4 Å². The molecule has 0 saturated carbocycles. The minimum atomic E-state index is -0.239. The summed E-state index contributed by atoms with van der Waals surface area (Å²) in [5.41, 5.74) is 2.07. The topological polar surface area (TPSA) is 72.9 Å². The predicted molar refractivity (Wildman–Crippen MR) is 122 cm³/mol. The lowest BCUT2D eigenvalue weighted by Crippen LogP contribution is -2.49. The Morgan fingerprint density at radius 1 is 1.10 bits per heavy atom. The Morgan fingerprint density at radius 3 is 2.45 bits per heavy atom. The van der Waals surface area contributed by atoms with Crippen LogP contribution < -0.4 is 15.5 Å². The van der Waals surface area contributed by atoms with Crippen LogP contribution in [-0.2, 0) is 11.2 Å². The number of rotatable bonds is 7. The van der Waals surface area contributed by atoms with Gasteiger partial charge in [-0.25, -0.2) is 9.37 Å². The lowest BCUT2D eigenvalue weighted by atomic mass is 10.2. The molecule has 31 heavy (non-hydrogen) atoms. The van der Waals surface area contributed by atoms with Crippen molar-refractivity contribution in [2.24, 2.45) is 4.99 Å². The lowest BCUT2D eigenvalue weighted by Gasteiger charge is -2.36. The highest BCUT2D eigenvalue weighted by molar-refractivity contribution is 6.29. The molecular formula is C22H28ClFN6O. The highest BCUT2D eigenvalue weighted by Gasteiger charge is 2.21. The van der Waals surface area contributed by atoms with Gasteiger partial charge in [-0.2, -0.15) is 0 Å². The van der Waals surface area contributed by atoms with E-state index in [0.29, 0.717) is 43.7 Å². The molecule has 9 heteroatoms. The van der Waals surface area contributed by atoms with Crippen LogP contribution >= 0.6 is 11.6 Å². The molecule has 2 N–H and O–H groups in total. The smallest absolute Gasteiger partial charge is 0.224 e. The first-order valence-electron chi connectivity index (χ1n) is 10.4. The van der Waals surface area contributed by atoms with Gasteiger partial charge in [-0.1, -0.05) is 17.7 Å². The molecule has 7 nitrogen and oxygen atoms in total. The molecule has 1 saturated heterocycles. The van der Waals surface area contributed by atoms with Gasteiger partial charge in [0.1, 0.15) is 11.0 Å². The van der Waals surface area contributed by atoms with E-state index in [1.165, 1.54) is 12.1 Å². The van der Waals surface area contributed by atoms with Crippen molar-refractivity contribution in [2.45, 2.75) is 12.8 Å². The van der Waals surface area contributed by atoms with Crippen LogP contribution in [0.3, 0.4) is 0 Å². The number of nitrogens with zero attached hydrogens (tertiary/aromatic N) is 4. The summed E-state index contributed by atoms with van der Waals surface area (Å²) in [6.07, 6.45) is 2.95. The van der Waals surface area contributed by atoms with Gasteiger partial charge in [-0.3, -0.25) is 9.79 Å². The number of pyridine rings is 1. The number of amides is 1. The van der Waals surface area contributed by atoms with E-state index in [0.717, 1.165) is 30.8 Å². The third-order valence-electron chi connectivity index (χ3n) is 5.17. The van der Waals surface area contributed by atoms with E-state index in [9.17, 15) is 9.18 Å². The molecule has 3 rings (SSSR count). The van der Waals surface area contributed by atoms with Crippen molar-refractivity contribution < 1.29 is 9.18 Å². The normalized spacial score (nSPS) is 14.5. The maximum atomic E-state index is 13.1. The third kappa shape index (κ3) is 7.10. The highest BCUT2D eigenvalue weighted by atomic mass is 35.5. The second kappa shape index (κ2) is 11.5. The Kier molecular flexibility index (Phi) is 8.46. The molecule has 0 aliphatic carbocycles. The number of aromatic nitrogens is 1. The molecule has 2 aromatic rings. The van der Waals surface area contributed by atoms with E-state index in [-0.39, 0.29) is 11.7 Å². The number of aliphatic imine (C=N–C) groups is 1. The standard InChI is InChI=1S/C22H28ClFN6O/c1-25-22(26-10-8-17-2-7-20(23)28-16-17)27-11-9-21(31)30-14-12-29(13-15-30)19-5-3-18(24)4-6-19/h2-7,16H,8-15H2,1H3,(H2,25,26,27). The van der Waals surface area contributed by atoms with Gasteiger partial charge in [-0.15, -0.1) is 0 Å². The average Bonchev–Trinajstić information content (AvgIpc) is 2.80. The summed E-state index contributed by atoms with van der Waals surface area (Å²) in [6, 6.07) is 10.2. The van der Waals surface area contributed by atoms with Crippen molar-refractivity contribution in [3.05, 3.63) is 59.1 Å². The van der Waals surface area contributed by atoms with Crippen LogP contribution in [0.1, 0.15) is 12.0 Å². The van der Waals surface area contributed by atoms with Crippen molar-refractivity contribution in [2.75, 3.05) is 51.2 Å². The Hall–Kier alpha value is -2.87.